The SMILES string of the molecule is CNCc1cnn(Cc2cccc(C(F)(F)F)c2)c1C. The molecule has 0 aliphatic heterocycles. The molecule has 0 aliphatic carbocycles. The molecular formula is C14H16F3N3. The first-order valence-corrected chi connectivity index (χ1v) is 6.24. The normalized spacial score (nSPS) is 11.8. The fourth-order valence-corrected chi connectivity index (χ4v) is 2.03. The monoisotopic (exact) mass is 283 g/mol. The van der Waals surface area contributed by atoms with Gasteiger partial charge in [-0.25, -0.2) is 0 Å². The summed E-state index contributed by atoms with van der Waals surface area (Å²) >= 11 is 0. The predicted octanol–water partition coefficient (Wildman–Crippen LogP) is 2.98. The molecule has 0 spiro atoms. The van der Waals surface area contributed by atoms with Crippen LogP contribution in [0.15, 0.2) is 30.5 Å². The van der Waals surface area contributed by atoms with E-state index < -0.39 is 11.7 Å². The first-order chi connectivity index (χ1) is 9.41. The van der Waals surface area contributed by atoms with E-state index in [0.717, 1.165) is 17.3 Å². The van der Waals surface area contributed by atoms with Crippen LogP contribution in [0, 0.1) is 6.92 Å². The van der Waals surface area contributed by atoms with E-state index >= 15 is 0 Å². The van der Waals surface area contributed by atoms with E-state index in [1.165, 1.54) is 12.1 Å². The standard InChI is InChI=1S/C14H16F3N3/c1-10-12(7-18-2)8-19-20(10)9-11-4-3-5-13(6-11)14(15,16)17/h3-6,8,18H,7,9H2,1-2H3. The van der Waals surface area contributed by atoms with E-state index in [4.69, 9.17) is 0 Å². The zero-order valence-electron chi connectivity index (χ0n) is 11.3. The lowest BCUT2D eigenvalue weighted by atomic mass is 10.1. The maximum absolute atomic E-state index is 12.7. The minimum atomic E-state index is -4.31. The second-order valence-electron chi connectivity index (χ2n) is 4.64. The van der Waals surface area contributed by atoms with E-state index in [9.17, 15) is 13.2 Å². The lowest BCUT2D eigenvalue weighted by molar-refractivity contribution is -0.137. The Labute approximate surface area is 115 Å². The van der Waals surface area contributed by atoms with Gasteiger partial charge in [-0.2, -0.15) is 18.3 Å². The lowest BCUT2D eigenvalue weighted by Gasteiger charge is -2.10. The molecule has 0 amide bonds. The third-order valence-electron chi connectivity index (χ3n) is 3.16. The van der Waals surface area contributed by atoms with Gasteiger partial charge in [-0.05, 0) is 31.7 Å². The lowest BCUT2D eigenvalue weighted by Crippen LogP contribution is -2.09. The Bertz CT molecular complexity index is 588. The number of nitrogens with one attached hydrogen (secondary N) is 1. The number of hydrogen-bond donors (Lipinski definition) is 1. The molecule has 0 saturated heterocycles. The Morgan fingerprint density at radius 1 is 1.30 bits per heavy atom. The Balaban J connectivity index is 2.22. The highest BCUT2D eigenvalue weighted by Gasteiger charge is 2.30. The van der Waals surface area contributed by atoms with Crippen molar-refractivity contribution in [3.05, 3.63) is 52.8 Å². The molecule has 1 N–H and O–H groups in total. The highest BCUT2D eigenvalue weighted by molar-refractivity contribution is 5.26. The van der Waals surface area contributed by atoms with Gasteiger partial charge < -0.3 is 5.32 Å². The van der Waals surface area contributed by atoms with Gasteiger partial charge in [0, 0.05) is 17.8 Å². The van der Waals surface area contributed by atoms with Crippen LogP contribution >= 0.6 is 0 Å². The molecule has 3 nitrogen and oxygen atoms in total. The van der Waals surface area contributed by atoms with E-state index in [1.54, 1.807) is 16.9 Å². The van der Waals surface area contributed by atoms with Crippen LogP contribution in [0.3, 0.4) is 0 Å². The Morgan fingerprint density at radius 3 is 2.70 bits per heavy atom. The van der Waals surface area contributed by atoms with Gasteiger partial charge in [0.25, 0.3) is 0 Å². The van der Waals surface area contributed by atoms with Crippen molar-refractivity contribution in [2.24, 2.45) is 0 Å². The van der Waals surface area contributed by atoms with Crippen LogP contribution in [0.4, 0.5) is 13.2 Å². The summed E-state index contributed by atoms with van der Waals surface area (Å²) in [6.45, 7) is 2.93. The van der Waals surface area contributed by atoms with Gasteiger partial charge in [0.15, 0.2) is 0 Å². The first-order valence-electron chi connectivity index (χ1n) is 6.24. The topological polar surface area (TPSA) is 29.9 Å². The van der Waals surface area contributed by atoms with E-state index in [1.807, 2.05) is 14.0 Å². The molecular weight excluding hydrogens is 267 g/mol. The quantitative estimate of drug-likeness (QED) is 0.935. The summed E-state index contributed by atoms with van der Waals surface area (Å²) < 4.78 is 39.7. The number of halogens is 3. The van der Waals surface area contributed by atoms with Crippen LogP contribution in [0.2, 0.25) is 0 Å². The zero-order chi connectivity index (χ0) is 14.8. The van der Waals surface area contributed by atoms with Crippen LogP contribution in [0.1, 0.15) is 22.4 Å². The van der Waals surface area contributed by atoms with Gasteiger partial charge in [-0.3, -0.25) is 4.68 Å². The number of nitrogens with zero attached hydrogens (tertiary/aromatic N) is 2. The van der Waals surface area contributed by atoms with E-state index in [-0.39, 0.29) is 0 Å². The van der Waals surface area contributed by atoms with Crippen LogP contribution in [-0.4, -0.2) is 16.8 Å². The number of aromatic nitrogens is 2. The molecule has 1 aromatic heterocycles. The minimum Gasteiger partial charge on any atom is -0.316 e. The molecule has 0 bridgehead atoms. The molecule has 6 heteroatoms. The molecule has 0 saturated carbocycles. The van der Waals surface area contributed by atoms with Crippen molar-refractivity contribution >= 4 is 0 Å². The summed E-state index contributed by atoms with van der Waals surface area (Å²) in [7, 11) is 1.84. The Hall–Kier alpha value is -1.82. The Kier molecular flexibility index (Phi) is 4.13. The molecule has 1 aromatic carbocycles. The summed E-state index contributed by atoms with van der Waals surface area (Å²) in [5.41, 5.74) is 1.95. The van der Waals surface area contributed by atoms with Crippen molar-refractivity contribution in [3.8, 4) is 0 Å². The van der Waals surface area contributed by atoms with Crippen molar-refractivity contribution in [3.63, 3.8) is 0 Å². The zero-order valence-corrected chi connectivity index (χ0v) is 11.3. The maximum atomic E-state index is 12.7. The highest BCUT2D eigenvalue weighted by Crippen LogP contribution is 2.29. The molecule has 2 aromatic rings. The van der Waals surface area contributed by atoms with E-state index in [2.05, 4.69) is 10.4 Å². The molecule has 2 rings (SSSR count). The molecule has 108 valence electrons. The fourth-order valence-electron chi connectivity index (χ4n) is 2.03. The summed E-state index contributed by atoms with van der Waals surface area (Å²) in [6, 6.07) is 5.34. The van der Waals surface area contributed by atoms with Crippen molar-refractivity contribution in [2.45, 2.75) is 26.2 Å². The van der Waals surface area contributed by atoms with Gasteiger partial charge in [0.1, 0.15) is 0 Å². The first kappa shape index (κ1) is 14.6. The molecule has 0 atom stereocenters. The van der Waals surface area contributed by atoms with Crippen molar-refractivity contribution < 1.29 is 13.2 Å². The third kappa shape index (κ3) is 3.19. The Morgan fingerprint density at radius 2 is 2.05 bits per heavy atom. The summed E-state index contributed by atoms with van der Waals surface area (Å²) in [5.74, 6) is 0. The second kappa shape index (κ2) is 5.66. The van der Waals surface area contributed by atoms with Gasteiger partial charge in [0.05, 0.1) is 18.3 Å². The summed E-state index contributed by atoms with van der Waals surface area (Å²) in [5, 5.41) is 7.25. The molecule has 0 unspecified atom stereocenters. The molecule has 1 heterocycles. The third-order valence-corrected chi connectivity index (χ3v) is 3.16. The molecule has 0 aliphatic rings. The number of benzene rings is 1. The molecule has 0 fully saturated rings. The maximum Gasteiger partial charge on any atom is 0.416 e. The average molecular weight is 283 g/mol. The van der Waals surface area contributed by atoms with Gasteiger partial charge >= 0.3 is 6.18 Å². The van der Waals surface area contributed by atoms with E-state index in [0.29, 0.717) is 18.7 Å². The summed E-state index contributed by atoms with van der Waals surface area (Å²) in [6.07, 6.45) is -2.58. The second-order valence-corrected chi connectivity index (χ2v) is 4.64. The number of hydrogen-bond acceptors (Lipinski definition) is 2. The average Bonchev–Trinajstić information content (AvgIpc) is 2.72. The van der Waals surface area contributed by atoms with Crippen molar-refractivity contribution in [1.29, 1.82) is 0 Å². The summed E-state index contributed by atoms with van der Waals surface area (Å²) in [4.78, 5) is 0. The van der Waals surface area contributed by atoms with Gasteiger partial charge in [-0.15, -0.1) is 0 Å². The fraction of sp³-hybridized carbons (Fsp3) is 0.357. The number of rotatable bonds is 4. The molecule has 0 radical (unpaired) electrons. The van der Waals surface area contributed by atoms with Crippen molar-refractivity contribution in [2.75, 3.05) is 7.05 Å². The number of alkyl halides is 3. The van der Waals surface area contributed by atoms with Crippen LogP contribution in [0.5, 0.6) is 0 Å². The molecule has 20 heavy (non-hydrogen) atoms. The van der Waals surface area contributed by atoms with Gasteiger partial charge in [0.2, 0.25) is 0 Å². The predicted molar refractivity (Wildman–Crippen MR) is 70.3 cm³/mol. The largest absolute Gasteiger partial charge is 0.416 e. The highest BCUT2D eigenvalue weighted by atomic mass is 19.4. The minimum absolute atomic E-state index is 0.333. The van der Waals surface area contributed by atoms with Crippen LogP contribution in [0.25, 0.3) is 0 Å². The van der Waals surface area contributed by atoms with Crippen molar-refractivity contribution in [1.82, 2.24) is 15.1 Å². The van der Waals surface area contributed by atoms with Crippen LogP contribution < -0.4 is 5.32 Å². The van der Waals surface area contributed by atoms with Gasteiger partial charge in [-0.1, -0.05) is 12.1 Å². The smallest absolute Gasteiger partial charge is 0.316 e. The van der Waals surface area contributed by atoms with Crippen LogP contribution in [-0.2, 0) is 19.3 Å².